The van der Waals surface area contributed by atoms with E-state index in [4.69, 9.17) is 0 Å². The molecular weight excluding hydrogens is 230 g/mol. The van der Waals surface area contributed by atoms with E-state index in [1.165, 1.54) is 31.2 Å². The summed E-state index contributed by atoms with van der Waals surface area (Å²) in [5.74, 6) is 0.813. The first kappa shape index (κ1) is 14.6. The van der Waals surface area contributed by atoms with Crippen LogP contribution in [0.15, 0.2) is 30.3 Å². The zero-order chi connectivity index (χ0) is 13.9. The molecule has 0 bridgehead atoms. The molecule has 106 valence electrons. The van der Waals surface area contributed by atoms with E-state index in [9.17, 15) is 0 Å². The van der Waals surface area contributed by atoms with Crippen LogP contribution < -0.4 is 0 Å². The molecule has 0 spiro atoms. The summed E-state index contributed by atoms with van der Waals surface area (Å²) in [6.45, 7) is 8.33. The van der Waals surface area contributed by atoms with Crippen LogP contribution in [0.4, 0.5) is 0 Å². The van der Waals surface area contributed by atoms with Gasteiger partial charge in [-0.3, -0.25) is 4.90 Å². The molecule has 1 nitrogen and oxygen atoms in total. The molecule has 19 heavy (non-hydrogen) atoms. The minimum absolute atomic E-state index is 0.573. The summed E-state index contributed by atoms with van der Waals surface area (Å²) in [5, 5.41) is 0. The molecule has 0 N–H and O–H groups in total. The normalized spacial score (nSPS) is 28.0. The molecule has 0 aliphatic heterocycles. The van der Waals surface area contributed by atoms with E-state index in [2.05, 4.69) is 63.1 Å². The Morgan fingerprint density at radius 2 is 1.74 bits per heavy atom. The Balaban J connectivity index is 1.88. The second-order valence-corrected chi connectivity index (χ2v) is 6.94. The van der Waals surface area contributed by atoms with Crippen molar-refractivity contribution in [1.82, 2.24) is 4.90 Å². The van der Waals surface area contributed by atoms with Crippen molar-refractivity contribution in [2.45, 2.75) is 59.0 Å². The lowest BCUT2D eigenvalue weighted by Gasteiger charge is -2.43. The molecule has 1 aromatic carbocycles. The molecule has 1 saturated carbocycles. The van der Waals surface area contributed by atoms with E-state index in [0.717, 1.165) is 18.5 Å². The molecule has 0 heterocycles. The Kier molecular flexibility index (Phi) is 4.67. The highest BCUT2D eigenvalue weighted by Gasteiger charge is 2.34. The molecule has 0 unspecified atom stereocenters. The molecule has 1 fully saturated rings. The van der Waals surface area contributed by atoms with Gasteiger partial charge in [-0.05, 0) is 49.6 Å². The highest BCUT2D eigenvalue weighted by Crippen LogP contribution is 2.42. The quantitative estimate of drug-likeness (QED) is 0.756. The molecular formula is C18H29N. The van der Waals surface area contributed by atoms with Crippen LogP contribution in [-0.2, 0) is 6.54 Å². The number of hydrogen-bond donors (Lipinski definition) is 0. The average molecular weight is 259 g/mol. The third-order valence-electron chi connectivity index (χ3n) is 5.39. The second kappa shape index (κ2) is 6.09. The first-order valence-electron chi connectivity index (χ1n) is 7.75. The first-order valence-corrected chi connectivity index (χ1v) is 7.75. The fourth-order valence-electron chi connectivity index (χ4n) is 3.28. The summed E-state index contributed by atoms with van der Waals surface area (Å²) in [6.07, 6.45) is 5.49. The van der Waals surface area contributed by atoms with E-state index in [-0.39, 0.29) is 0 Å². The monoisotopic (exact) mass is 259 g/mol. The van der Waals surface area contributed by atoms with E-state index in [1.54, 1.807) is 0 Å². The summed E-state index contributed by atoms with van der Waals surface area (Å²) in [6, 6.07) is 11.6. The smallest absolute Gasteiger partial charge is 0.0233 e. The zero-order valence-electron chi connectivity index (χ0n) is 13.0. The SMILES string of the molecule is CC(C)[C@]1(C)CC[C@H](N(C)Cc2ccccc2)CC1. The first-order chi connectivity index (χ1) is 9.01. The fraction of sp³-hybridized carbons (Fsp3) is 0.667. The fourth-order valence-corrected chi connectivity index (χ4v) is 3.28. The molecule has 0 radical (unpaired) electrons. The van der Waals surface area contributed by atoms with Crippen LogP contribution in [-0.4, -0.2) is 18.0 Å². The van der Waals surface area contributed by atoms with Gasteiger partial charge >= 0.3 is 0 Å². The summed E-state index contributed by atoms with van der Waals surface area (Å²) in [5.41, 5.74) is 2.01. The Labute approximate surface area is 119 Å². The summed E-state index contributed by atoms with van der Waals surface area (Å²) >= 11 is 0. The summed E-state index contributed by atoms with van der Waals surface area (Å²) < 4.78 is 0. The van der Waals surface area contributed by atoms with Gasteiger partial charge in [-0.2, -0.15) is 0 Å². The van der Waals surface area contributed by atoms with Crippen LogP contribution in [0.25, 0.3) is 0 Å². The minimum atomic E-state index is 0.573. The maximum Gasteiger partial charge on any atom is 0.0233 e. The largest absolute Gasteiger partial charge is 0.299 e. The van der Waals surface area contributed by atoms with Gasteiger partial charge in [0.1, 0.15) is 0 Å². The molecule has 0 saturated heterocycles. The van der Waals surface area contributed by atoms with Gasteiger partial charge < -0.3 is 0 Å². The molecule has 1 aliphatic carbocycles. The third kappa shape index (κ3) is 3.60. The molecule has 1 heteroatoms. The Morgan fingerprint density at radius 3 is 2.26 bits per heavy atom. The third-order valence-corrected chi connectivity index (χ3v) is 5.39. The summed E-state index contributed by atoms with van der Waals surface area (Å²) in [7, 11) is 2.29. The summed E-state index contributed by atoms with van der Waals surface area (Å²) in [4.78, 5) is 2.55. The van der Waals surface area contributed by atoms with E-state index in [1.807, 2.05) is 0 Å². The Hall–Kier alpha value is -0.820. The molecule has 1 aromatic rings. The van der Waals surface area contributed by atoms with Crippen LogP contribution in [0, 0.1) is 11.3 Å². The number of hydrogen-bond acceptors (Lipinski definition) is 1. The predicted molar refractivity (Wildman–Crippen MR) is 83.1 cm³/mol. The lowest BCUT2D eigenvalue weighted by Crippen LogP contribution is -2.39. The van der Waals surface area contributed by atoms with Crippen molar-refractivity contribution in [3.05, 3.63) is 35.9 Å². The zero-order valence-corrected chi connectivity index (χ0v) is 13.0. The minimum Gasteiger partial charge on any atom is -0.299 e. The highest BCUT2D eigenvalue weighted by atomic mass is 15.1. The van der Waals surface area contributed by atoms with Crippen molar-refractivity contribution in [1.29, 1.82) is 0 Å². The Bertz CT molecular complexity index is 374. The number of rotatable bonds is 4. The van der Waals surface area contributed by atoms with Crippen LogP contribution in [0.2, 0.25) is 0 Å². The van der Waals surface area contributed by atoms with Crippen LogP contribution in [0.1, 0.15) is 52.0 Å². The van der Waals surface area contributed by atoms with Crippen LogP contribution >= 0.6 is 0 Å². The highest BCUT2D eigenvalue weighted by molar-refractivity contribution is 5.14. The van der Waals surface area contributed by atoms with Crippen molar-refractivity contribution in [2.75, 3.05) is 7.05 Å². The van der Waals surface area contributed by atoms with Gasteiger partial charge in [0.25, 0.3) is 0 Å². The molecule has 2 rings (SSSR count). The maximum atomic E-state index is 2.55. The van der Waals surface area contributed by atoms with Gasteiger partial charge in [-0.25, -0.2) is 0 Å². The van der Waals surface area contributed by atoms with Gasteiger partial charge in [0.2, 0.25) is 0 Å². The van der Waals surface area contributed by atoms with Crippen molar-refractivity contribution in [3.63, 3.8) is 0 Å². The van der Waals surface area contributed by atoms with Crippen molar-refractivity contribution < 1.29 is 0 Å². The van der Waals surface area contributed by atoms with Crippen LogP contribution in [0.3, 0.4) is 0 Å². The molecule has 0 aromatic heterocycles. The van der Waals surface area contributed by atoms with E-state index in [0.29, 0.717) is 5.41 Å². The number of nitrogens with zero attached hydrogens (tertiary/aromatic N) is 1. The maximum absolute atomic E-state index is 2.55. The second-order valence-electron chi connectivity index (χ2n) is 6.94. The topological polar surface area (TPSA) is 3.24 Å². The van der Waals surface area contributed by atoms with Gasteiger partial charge in [0.05, 0.1) is 0 Å². The van der Waals surface area contributed by atoms with Gasteiger partial charge in [-0.1, -0.05) is 51.1 Å². The molecule has 0 atom stereocenters. The van der Waals surface area contributed by atoms with Gasteiger partial charge in [0.15, 0.2) is 0 Å². The van der Waals surface area contributed by atoms with E-state index < -0.39 is 0 Å². The van der Waals surface area contributed by atoms with Gasteiger partial charge in [-0.15, -0.1) is 0 Å². The average Bonchev–Trinajstić information content (AvgIpc) is 2.40. The van der Waals surface area contributed by atoms with Crippen molar-refractivity contribution >= 4 is 0 Å². The number of benzene rings is 1. The standard InChI is InChI=1S/C18H29N/c1-15(2)18(3)12-10-17(11-13-18)19(4)14-16-8-6-5-7-9-16/h5-9,15,17H,10-14H2,1-4H3/t17-,18+. The Morgan fingerprint density at radius 1 is 1.16 bits per heavy atom. The molecule has 1 aliphatic rings. The predicted octanol–water partition coefficient (Wildman–Crippen LogP) is 4.72. The van der Waals surface area contributed by atoms with Crippen molar-refractivity contribution in [2.24, 2.45) is 11.3 Å². The lowest BCUT2D eigenvalue weighted by molar-refractivity contribution is 0.0778. The van der Waals surface area contributed by atoms with E-state index >= 15 is 0 Å². The van der Waals surface area contributed by atoms with Gasteiger partial charge in [0, 0.05) is 12.6 Å². The van der Waals surface area contributed by atoms with Crippen LogP contribution in [0.5, 0.6) is 0 Å². The lowest BCUT2D eigenvalue weighted by atomic mass is 9.67. The molecule has 0 amide bonds. The van der Waals surface area contributed by atoms with Crippen molar-refractivity contribution in [3.8, 4) is 0 Å².